The van der Waals surface area contributed by atoms with E-state index in [9.17, 15) is 0 Å². The number of anilines is 1. The second-order valence-corrected chi connectivity index (χ2v) is 5.78. The lowest BCUT2D eigenvalue weighted by molar-refractivity contribution is 0.236. The number of halogens is 2. The van der Waals surface area contributed by atoms with Crippen molar-refractivity contribution in [2.75, 3.05) is 11.9 Å². The number of hydrogen-bond acceptors (Lipinski definition) is 5. The lowest BCUT2D eigenvalue weighted by atomic mass is 10.2. The third-order valence-electron chi connectivity index (χ3n) is 2.37. The lowest BCUT2D eigenvalue weighted by Gasteiger charge is -2.05. The molecule has 0 saturated heterocycles. The fraction of sp³-hybridized carbons (Fsp3) is 0.231. The summed E-state index contributed by atoms with van der Waals surface area (Å²) in [5.41, 5.74) is 1.03. The first-order valence-corrected chi connectivity index (χ1v) is 7.50. The van der Waals surface area contributed by atoms with Crippen LogP contribution in [0.4, 0.5) is 5.13 Å². The van der Waals surface area contributed by atoms with Crippen LogP contribution in [0.25, 0.3) is 0 Å². The Balaban J connectivity index is 2.02. The quantitative estimate of drug-likeness (QED) is 0.800. The van der Waals surface area contributed by atoms with Crippen LogP contribution in [-0.2, 0) is 11.2 Å². The molecule has 0 fully saturated rings. The Morgan fingerprint density at radius 1 is 1.35 bits per heavy atom. The second kappa shape index (κ2) is 6.92. The Labute approximate surface area is 131 Å². The normalized spacial score (nSPS) is 10.3. The minimum absolute atomic E-state index is 0.463. The van der Waals surface area contributed by atoms with Gasteiger partial charge in [0.05, 0.1) is 16.7 Å². The Hall–Kier alpha value is -1.30. The number of nitrogens with zero attached hydrogens (tertiary/aromatic N) is 2. The van der Waals surface area contributed by atoms with Crippen molar-refractivity contribution in [1.82, 2.24) is 10.2 Å². The molecule has 0 aliphatic rings. The second-order valence-electron chi connectivity index (χ2n) is 3.91. The third-order valence-corrected chi connectivity index (χ3v) is 3.95. The van der Waals surface area contributed by atoms with Crippen LogP contribution in [-0.4, -0.2) is 16.8 Å². The van der Waals surface area contributed by atoms with Crippen LogP contribution in [0.15, 0.2) is 30.7 Å². The standard InChI is InChI=1S/C13H13Cl2N3OS/c1-3-19-8(2)16-13-18-17-12(20-13)7-9-4-5-10(14)11(15)6-9/h4-6H,2-3,7H2,1H3,(H,16,18). The number of benzene rings is 1. The predicted octanol–water partition coefficient (Wildman–Crippen LogP) is 4.36. The third kappa shape index (κ3) is 4.10. The molecular weight excluding hydrogens is 317 g/mol. The van der Waals surface area contributed by atoms with Crippen LogP contribution < -0.4 is 5.32 Å². The van der Waals surface area contributed by atoms with Crippen molar-refractivity contribution in [3.63, 3.8) is 0 Å². The highest BCUT2D eigenvalue weighted by Crippen LogP contribution is 2.25. The number of rotatable bonds is 6. The van der Waals surface area contributed by atoms with Crippen molar-refractivity contribution in [3.8, 4) is 0 Å². The van der Waals surface area contributed by atoms with Gasteiger partial charge in [0.2, 0.25) is 5.13 Å². The van der Waals surface area contributed by atoms with E-state index in [0.29, 0.717) is 34.1 Å². The van der Waals surface area contributed by atoms with Crippen LogP contribution in [0.5, 0.6) is 0 Å². The highest BCUT2D eigenvalue weighted by Gasteiger charge is 2.07. The summed E-state index contributed by atoms with van der Waals surface area (Å²) in [6.45, 7) is 6.18. The van der Waals surface area contributed by atoms with Crippen LogP contribution in [0.3, 0.4) is 0 Å². The van der Waals surface area contributed by atoms with Gasteiger partial charge in [-0.05, 0) is 31.2 Å². The average molecular weight is 330 g/mol. The van der Waals surface area contributed by atoms with Gasteiger partial charge in [0.15, 0.2) is 5.88 Å². The maximum atomic E-state index is 5.98. The molecule has 0 aliphatic heterocycles. The van der Waals surface area contributed by atoms with Crippen LogP contribution >= 0.6 is 34.5 Å². The summed E-state index contributed by atoms with van der Waals surface area (Å²) in [6.07, 6.45) is 0.650. The molecule has 0 atom stereocenters. The van der Waals surface area contributed by atoms with Crippen molar-refractivity contribution in [2.24, 2.45) is 0 Å². The molecule has 0 bridgehead atoms. The lowest BCUT2D eigenvalue weighted by Crippen LogP contribution is -2.01. The van der Waals surface area contributed by atoms with Gasteiger partial charge in [0.25, 0.3) is 0 Å². The number of aromatic nitrogens is 2. The molecule has 2 rings (SSSR count). The molecule has 0 spiro atoms. The van der Waals surface area contributed by atoms with Crippen LogP contribution in [0.1, 0.15) is 17.5 Å². The van der Waals surface area contributed by atoms with Gasteiger partial charge >= 0.3 is 0 Å². The van der Waals surface area contributed by atoms with E-state index in [1.54, 1.807) is 6.07 Å². The average Bonchev–Trinajstić information content (AvgIpc) is 2.81. The Morgan fingerprint density at radius 2 is 2.15 bits per heavy atom. The molecule has 2 aromatic rings. The summed E-state index contributed by atoms with van der Waals surface area (Å²) in [6, 6.07) is 5.52. The van der Waals surface area contributed by atoms with Crippen molar-refractivity contribution >= 4 is 39.7 Å². The van der Waals surface area contributed by atoms with Crippen molar-refractivity contribution in [1.29, 1.82) is 0 Å². The van der Waals surface area contributed by atoms with E-state index in [1.807, 2.05) is 19.1 Å². The maximum absolute atomic E-state index is 5.98. The van der Waals surface area contributed by atoms with Crippen molar-refractivity contribution in [2.45, 2.75) is 13.3 Å². The fourth-order valence-electron chi connectivity index (χ4n) is 1.53. The highest BCUT2D eigenvalue weighted by atomic mass is 35.5. The summed E-state index contributed by atoms with van der Waals surface area (Å²) in [4.78, 5) is 0. The van der Waals surface area contributed by atoms with Gasteiger partial charge in [-0.1, -0.05) is 40.6 Å². The summed E-state index contributed by atoms with van der Waals surface area (Å²) in [7, 11) is 0. The molecule has 0 radical (unpaired) electrons. The SMILES string of the molecule is C=C(Nc1nnc(Cc2ccc(Cl)c(Cl)c2)s1)OCC. The van der Waals surface area contributed by atoms with Crippen molar-refractivity contribution in [3.05, 3.63) is 51.3 Å². The molecule has 0 saturated carbocycles. The summed E-state index contributed by atoms with van der Waals surface area (Å²) in [5.74, 6) is 0.463. The summed E-state index contributed by atoms with van der Waals surface area (Å²) in [5, 5.41) is 13.7. The largest absolute Gasteiger partial charge is 0.480 e. The monoisotopic (exact) mass is 329 g/mol. The van der Waals surface area contributed by atoms with E-state index in [2.05, 4.69) is 22.1 Å². The number of nitrogens with one attached hydrogen (secondary N) is 1. The highest BCUT2D eigenvalue weighted by molar-refractivity contribution is 7.15. The predicted molar refractivity (Wildman–Crippen MR) is 83.6 cm³/mol. The topological polar surface area (TPSA) is 47.0 Å². The number of ether oxygens (including phenoxy) is 1. The molecular formula is C13H13Cl2N3OS. The van der Waals surface area contributed by atoms with E-state index < -0.39 is 0 Å². The summed E-state index contributed by atoms with van der Waals surface area (Å²) < 4.78 is 5.20. The Morgan fingerprint density at radius 3 is 2.85 bits per heavy atom. The molecule has 20 heavy (non-hydrogen) atoms. The smallest absolute Gasteiger partial charge is 0.212 e. The fourth-order valence-corrected chi connectivity index (χ4v) is 2.64. The zero-order valence-electron chi connectivity index (χ0n) is 10.8. The minimum atomic E-state index is 0.463. The maximum Gasteiger partial charge on any atom is 0.212 e. The first-order valence-electron chi connectivity index (χ1n) is 5.93. The zero-order chi connectivity index (χ0) is 14.5. The van der Waals surface area contributed by atoms with Gasteiger partial charge in [-0.15, -0.1) is 10.2 Å². The Kier molecular flexibility index (Phi) is 5.23. The first-order chi connectivity index (χ1) is 9.58. The van der Waals surface area contributed by atoms with Crippen molar-refractivity contribution < 1.29 is 4.74 Å². The zero-order valence-corrected chi connectivity index (χ0v) is 13.1. The van der Waals surface area contributed by atoms with E-state index in [4.69, 9.17) is 27.9 Å². The molecule has 1 N–H and O–H groups in total. The van der Waals surface area contributed by atoms with Gasteiger partial charge in [-0.2, -0.15) is 0 Å². The molecule has 0 amide bonds. The van der Waals surface area contributed by atoms with E-state index in [0.717, 1.165) is 10.6 Å². The molecule has 106 valence electrons. The van der Waals surface area contributed by atoms with E-state index in [-0.39, 0.29) is 0 Å². The molecule has 1 aromatic carbocycles. The molecule has 7 heteroatoms. The number of hydrogen-bond donors (Lipinski definition) is 1. The molecule has 1 heterocycles. The van der Waals surface area contributed by atoms with Crippen LogP contribution in [0, 0.1) is 0 Å². The van der Waals surface area contributed by atoms with Gasteiger partial charge in [0, 0.05) is 6.42 Å². The molecule has 1 aromatic heterocycles. The van der Waals surface area contributed by atoms with Gasteiger partial charge in [-0.25, -0.2) is 0 Å². The summed E-state index contributed by atoms with van der Waals surface area (Å²) >= 11 is 13.3. The van der Waals surface area contributed by atoms with Crippen LogP contribution in [0.2, 0.25) is 10.0 Å². The van der Waals surface area contributed by atoms with Gasteiger partial charge in [-0.3, -0.25) is 0 Å². The van der Waals surface area contributed by atoms with Gasteiger partial charge in [0.1, 0.15) is 5.01 Å². The van der Waals surface area contributed by atoms with E-state index in [1.165, 1.54) is 11.3 Å². The Bertz CT molecular complexity index is 615. The minimum Gasteiger partial charge on any atom is -0.480 e. The molecule has 4 nitrogen and oxygen atoms in total. The van der Waals surface area contributed by atoms with Gasteiger partial charge < -0.3 is 10.1 Å². The molecule has 0 unspecified atom stereocenters. The molecule has 0 aliphatic carbocycles. The first kappa shape index (κ1) is 15.1. The van der Waals surface area contributed by atoms with E-state index >= 15 is 0 Å².